The Labute approximate surface area is 118 Å². The molecule has 2 rings (SSSR count). The molecule has 1 aromatic carbocycles. The monoisotopic (exact) mass is 275 g/mol. The Kier molecular flexibility index (Phi) is 5.29. The molecule has 1 nitrogen and oxygen atoms in total. The molecule has 0 saturated heterocycles. The minimum Gasteiger partial charge on any atom is -0.216 e. The fraction of sp³-hybridized carbons (Fsp3) is 0.471. The van der Waals surface area contributed by atoms with E-state index in [1.165, 1.54) is 6.07 Å². The van der Waals surface area contributed by atoms with Gasteiger partial charge in [0.1, 0.15) is 11.9 Å². The van der Waals surface area contributed by atoms with Gasteiger partial charge in [0.25, 0.3) is 0 Å². The molecule has 1 fully saturated rings. The molecule has 0 amide bonds. The zero-order chi connectivity index (χ0) is 14.4. The van der Waals surface area contributed by atoms with E-state index in [1.54, 1.807) is 12.1 Å². The summed E-state index contributed by atoms with van der Waals surface area (Å²) < 4.78 is 25.5. The summed E-state index contributed by atoms with van der Waals surface area (Å²) in [6.07, 6.45) is 8.36. The van der Waals surface area contributed by atoms with E-state index >= 15 is 0 Å². The van der Waals surface area contributed by atoms with Gasteiger partial charge in [-0.1, -0.05) is 12.1 Å². The van der Waals surface area contributed by atoms with Crippen LogP contribution < -0.4 is 0 Å². The van der Waals surface area contributed by atoms with E-state index in [1.807, 2.05) is 12.1 Å². The van der Waals surface area contributed by atoms with Crippen LogP contribution in [0, 0.1) is 23.1 Å². The summed E-state index contributed by atoms with van der Waals surface area (Å²) >= 11 is 0. The van der Waals surface area contributed by atoms with Gasteiger partial charge in [0.2, 0.25) is 0 Å². The first-order valence-corrected chi connectivity index (χ1v) is 7.19. The Morgan fingerprint density at radius 1 is 1.25 bits per heavy atom. The maximum atomic E-state index is 13.6. The van der Waals surface area contributed by atoms with Crippen molar-refractivity contribution in [2.75, 3.05) is 0 Å². The van der Waals surface area contributed by atoms with Crippen LogP contribution in [0.25, 0.3) is 0 Å². The molecule has 0 radical (unpaired) electrons. The third kappa shape index (κ3) is 3.66. The molecule has 0 N–H and O–H groups in total. The van der Waals surface area contributed by atoms with Crippen molar-refractivity contribution in [2.45, 2.75) is 44.4 Å². The van der Waals surface area contributed by atoms with E-state index in [9.17, 15) is 8.78 Å². The van der Waals surface area contributed by atoms with Crippen molar-refractivity contribution >= 4 is 0 Å². The van der Waals surface area contributed by atoms with Crippen molar-refractivity contribution in [3.05, 3.63) is 47.5 Å². The van der Waals surface area contributed by atoms with Gasteiger partial charge < -0.3 is 0 Å². The van der Waals surface area contributed by atoms with Crippen molar-refractivity contribution in [2.24, 2.45) is 5.92 Å². The Hall–Kier alpha value is -1.69. The highest BCUT2D eigenvalue weighted by Crippen LogP contribution is 2.37. The minimum atomic E-state index is -0.416. The average molecular weight is 275 g/mol. The number of nitriles is 1. The van der Waals surface area contributed by atoms with Gasteiger partial charge in [-0.25, -0.2) is 8.78 Å². The highest BCUT2D eigenvalue weighted by molar-refractivity contribution is 5.34. The summed E-state index contributed by atoms with van der Waals surface area (Å²) in [6, 6.07) is 6.80. The normalized spacial score (nSPS) is 22.9. The Morgan fingerprint density at radius 2 is 2.00 bits per heavy atom. The van der Waals surface area contributed by atoms with Gasteiger partial charge in [-0.2, -0.15) is 5.26 Å². The molecular weight excluding hydrogens is 256 g/mol. The summed E-state index contributed by atoms with van der Waals surface area (Å²) in [7, 11) is 0. The lowest BCUT2D eigenvalue weighted by atomic mass is 9.77. The standard InChI is InChI=1S/C17H19F2N/c18-10-2-1-3-13-4-6-14(7-5-13)15-8-9-16(12-20)17(19)11-15/h2,8-11,13-14H,1,3-7H2. The lowest BCUT2D eigenvalue weighted by Crippen LogP contribution is -2.13. The highest BCUT2D eigenvalue weighted by Gasteiger charge is 2.22. The van der Waals surface area contributed by atoms with E-state index in [0.717, 1.165) is 44.1 Å². The molecule has 3 heteroatoms. The molecule has 1 aromatic rings. The number of hydrogen-bond acceptors (Lipinski definition) is 1. The average Bonchev–Trinajstić information content (AvgIpc) is 2.48. The quantitative estimate of drug-likeness (QED) is 0.737. The topological polar surface area (TPSA) is 23.8 Å². The van der Waals surface area contributed by atoms with Crippen molar-refractivity contribution in [1.29, 1.82) is 5.26 Å². The maximum Gasteiger partial charge on any atom is 0.141 e. The number of hydrogen-bond donors (Lipinski definition) is 0. The first-order valence-electron chi connectivity index (χ1n) is 7.19. The summed E-state index contributed by atoms with van der Waals surface area (Å²) in [4.78, 5) is 0. The van der Waals surface area contributed by atoms with Crippen molar-refractivity contribution in [3.63, 3.8) is 0 Å². The fourth-order valence-corrected chi connectivity index (χ4v) is 3.06. The minimum absolute atomic E-state index is 0.112. The molecule has 0 unspecified atom stereocenters. The third-order valence-corrected chi connectivity index (χ3v) is 4.26. The van der Waals surface area contributed by atoms with E-state index < -0.39 is 5.82 Å². The van der Waals surface area contributed by atoms with Crippen LogP contribution in [0.1, 0.15) is 55.6 Å². The van der Waals surface area contributed by atoms with Gasteiger partial charge in [0, 0.05) is 0 Å². The van der Waals surface area contributed by atoms with Gasteiger partial charge in [-0.3, -0.25) is 0 Å². The molecule has 106 valence electrons. The molecule has 20 heavy (non-hydrogen) atoms. The van der Waals surface area contributed by atoms with E-state index in [0.29, 0.717) is 18.2 Å². The fourth-order valence-electron chi connectivity index (χ4n) is 3.06. The number of benzene rings is 1. The second kappa shape index (κ2) is 7.19. The summed E-state index contributed by atoms with van der Waals surface area (Å²) in [5.41, 5.74) is 1.11. The van der Waals surface area contributed by atoms with Gasteiger partial charge in [-0.15, -0.1) is 0 Å². The van der Waals surface area contributed by atoms with Gasteiger partial charge >= 0.3 is 0 Å². The summed E-state index contributed by atoms with van der Waals surface area (Å²) in [5, 5.41) is 8.73. The maximum absolute atomic E-state index is 13.6. The zero-order valence-electron chi connectivity index (χ0n) is 11.5. The molecule has 1 aliphatic rings. The molecule has 1 aliphatic carbocycles. The number of rotatable bonds is 4. The van der Waals surface area contributed by atoms with Crippen LogP contribution in [-0.2, 0) is 0 Å². The molecule has 1 saturated carbocycles. The second-order valence-corrected chi connectivity index (χ2v) is 5.51. The van der Waals surface area contributed by atoms with Crippen LogP contribution in [-0.4, -0.2) is 0 Å². The zero-order valence-corrected chi connectivity index (χ0v) is 11.5. The van der Waals surface area contributed by atoms with Crippen LogP contribution in [0.4, 0.5) is 8.78 Å². The highest BCUT2D eigenvalue weighted by atomic mass is 19.1. The summed E-state index contributed by atoms with van der Waals surface area (Å²) in [5.74, 6) is 0.635. The Bertz CT molecular complexity index is 508. The van der Waals surface area contributed by atoms with Crippen molar-refractivity contribution in [1.82, 2.24) is 0 Å². The first-order chi connectivity index (χ1) is 9.74. The van der Waals surface area contributed by atoms with Crippen LogP contribution >= 0.6 is 0 Å². The summed E-state index contributed by atoms with van der Waals surface area (Å²) in [6.45, 7) is 0. The van der Waals surface area contributed by atoms with E-state index in [2.05, 4.69) is 0 Å². The molecule has 0 bridgehead atoms. The van der Waals surface area contributed by atoms with Crippen LogP contribution in [0.15, 0.2) is 30.6 Å². The van der Waals surface area contributed by atoms with Crippen molar-refractivity contribution < 1.29 is 8.78 Å². The predicted molar refractivity (Wildman–Crippen MR) is 75.3 cm³/mol. The number of allylic oxidation sites excluding steroid dienone is 1. The largest absolute Gasteiger partial charge is 0.216 e. The molecular formula is C17H19F2N. The lowest BCUT2D eigenvalue weighted by Gasteiger charge is -2.28. The smallest absolute Gasteiger partial charge is 0.141 e. The third-order valence-electron chi connectivity index (χ3n) is 4.26. The first kappa shape index (κ1) is 14.7. The second-order valence-electron chi connectivity index (χ2n) is 5.51. The van der Waals surface area contributed by atoms with Crippen LogP contribution in [0.2, 0.25) is 0 Å². The predicted octanol–water partition coefficient (Wildman–Crippen LogP) is 5.23. The van der Waals surface area contributed by atoms with E-state index in [-0.39, 0.29) is 5.56 Å². The Morgan fingerprint density at radius 3 is 2.60 bits per heavy atom. The van der Waals surface area contributed by atoms with Crippen LogP contribution in [0.3, 0.4) is 0 Å². The SMILES string of the molecule is N#Cc1ccc(C2CCC(CCC=CF)CC2)cc1F. The molecule has 0 heterocycles. The van der Waals surface area contributed by atoms with Gasteiger partial charge in [0.15, 0.2) is 0 Å². The Balaban J connectivity index is 1.90. The molecule has 0 spiro atoms. The number of halogens is 2. The molecule has 0 aliphatic heterocycles. The van der Waals surface area contributed by atoms with Gasteiger partial charge in [-0.05, 0) is 68.1 Å². The van der Waals surface area contributed by atoms with Gasteiger partial charge in [0.05, 0.1) is 11.9 Å². The van der Waals surface area contributed by atoms with E-state index in [4.69, 9.17) is 5.26 Å². The lowest BCUT2D eigenvalue weighted by molar-refractivity contribution is 0.311. The molecule has 0 atom stereocenters. The number of nitrogens with zero attached hydrogens (tertiary/aromatic N) is 1. The van der Waals surface area contributed by atoms with Crippen LogP contribution in [0.5, 0.6) is 0 Å². The molecule has 0 aromatic heterocycles. The van der Waals surface area contributed by atoms with Crippen molar-refractivity contribution in [3.8, 4) is 6.07 Å².